The summed E-state index contributed by atoms with van der Waals surface area (Å²) in [5, 5.41) is 13.9. The lowest BCUT2D eigenvalue weighted by molar-refractivity contribution is -0.386. The summed E-state index contributed by atoms with van der Waals surface area (Å²) >= 11 is 0. The van der Waals surface area contributed by atoms with E-state index in [0.717, 1.165) is 11.1 Å². The van der Waals surface area contributed by atoms with Gasteiger partial charge in [-0.05, 0) is 37.1 Å². The Kier molecular flexibility index (Phi) is 3.84. The molecule has 0 aliphatic carbocycles. The van der Waals surface area contributed by atoms with Crippen molar-refractivity contribution >= 4 is 11.5 Å². The molecule has 0 amide bonds. The monoisotopic (exact) mass is 273 g/mol. The third kappa shape index (κ3) is 2.85. The summed E-state index contributed by atoms with van der Waals surface area (Å²) in [6, 6.07) is 8.59. The first kappa shape index (κ1) is 13.8. The van der Waals surface area contributed by atoms with Crippen molar-refractivity contribution < 1.29 is 9.66 Å². The Labute approximate surface area is 116 Å². The molecule has 104 valence electrons. The molecule has 0 aliphatic rings. The lowest BCUT2D eigenvalue weighted by Crippen LogP contribution is -2.00. The van der Waals surface area contributed by atoms with Crippen LogP contribution in [0.2, 0.25) is 0 Å². The molecule has 1 N–H and O–H groups in total. The van der Waals surface area contributed by atoms with Crippen molar-refractivity contribution in [1.29, 1.82) is 0 Å². The fourth-order valence-corrected chi connectivity index (χ4v) is 1.71. The first-order valence-electron chi connectivity index (χ1n) is 6.09. The van der Waals surface area contributed by atoms with Crippen LogP contribution in [-0.4, -0.2) is 17.0 Å². The molecule has 0 bridgehead atoms. The molecule has 0 spiro atoms. The molecular weight excluding hydrogens is 258 g/mol. The zero-order valence-corrected chi connectivity index (χ0v) is 11.5. The van der Waals surface area contributed by atoms with Gasteiger partial charge in [-0.25, -0.2) is 0 Å². The van der Waals surface area contributed by atoms with Gasteiger partial charge < -0.3 is 10.1 Å². The Morgan fingerprint density at radius 2 is 2.00 bits per heavy atom. The SMILES string of the molecule is CNc1ccc([N+](=O)[O-])c(Oc2cc(C)ccc2C)n1. The Morgan fingerprint density at radius 3 is 2.65 bits per heavy atom. The molecule has 20 heavy (non-hydrogen) atoms. The Hall–Kier alpha value is -2.63. The van der Waals surface area contributed by atoms with Gasteiger partial charge in [0.15, 0.2) is 0 Å². The molecule has 6 nitrogen and oxygen atoms in total. The third-order valence-corrected chi connectivity index (χ3v) is 2.84. The molecule has 1 aromatic heterocycles. The number of hydrogen-bond donors (Lipinski definition) is 1. The second-order valence-corrected chi connectivity index (χ2v) is 4.40. The maximum Gasteiger partial charge on any atom is 0.331 e. The highest BCUT2D eigenvalue weighted by Crippen LogP contribution is 2.32. The number of aryl methyl sites for hydroxylation is 2. The number of pyridine rings is 1. The van der Waals surface area contributed by atoms with E-state index in [4.69, 9.17) is 4.74 Å². The molecule has 0 saturated carbocycles. The van der Waals surface area contributed by atoms with Crippen LogP contribution >= 0.6 is 0 Å². The van der Waals surface area contributed by atoms with Crippen LogP contribution in [0.15, 0.2) is 30.3 Å². The van der Waals surface area contributed by atoms with Gasteiger partial charge in [-0.2, -0.15) is 4.98 Å². The molecular formula is C14H15N3O3. The molecule has 2 aromatic rings. The summed E-state index contributed by atoms with van der Waals surface area (Å²) in [5.41, 5.74) is 1.74. The number of hydrogen-bond acceptors (Lipinski definition) is 5. The third-order valence-electron chi connectivity index (χ3n) is 2.84. The van der Waals surface area contributed by atoms with Crippen LogP contribution in [0.4, 0.5) is 11.5 Å². The number of nitrogens with zero attached hydrogens (tertiary/aromatic N) is 2. The predicted octanol–water partition coefficient (Wildman–Crippen LogP) is 3.44. The van der Waals surface area contributed by atoms with E-state index in [1.807, 2.05) is 32.0 Å². The largest absolute Gasteiger partial charge is 0.433 e. The quantitative estimate of drug-likeness (QED) is 0.682. The van der Waals surface area contributed by atoms with Gasteiger partial charge >= 0.3 is 11.6 Å². The van der Waals surface area contributed by atoms with Crippen molar-refractivity contribution in [2.24, 2.45) is 0 Å². The topological polar surface area (TPSA) is 77.3 Å². The van der Waals surface area contributed by atoms with Crippen molar-refractivity contribution in [1.82, 2.24) is 4.98 Å². The van der Waals surface area contributed by atoms with Gasteiger partial charge in [0, 0.05) is 13.1 Å². The van der Waals surface area contributed by atoms with Crippen LogP contribution in [-0.2, 0) is 0 Å². The van der Waals surface area contributed by atoms with Crippen LogP contribution in [0.5, 0.6) is 11.6 Å². The molecule has 0 saturated heterocycles. The summed E-state index contributed by atoms with van der Waals surface area (Å²) in [5.74, 6) is 1.06. The highest BCUT2D eigenvalue weighted by Gasteiger charge is 2.19. The Balaban J connectivity index is 2.45. The molecule has 6 heteroatoms. The number of nitro groups is 1. The average Bonchev–Trinajstić information content (AvgIpc) is 2.42. The normalized spacial score (nSPS) is 10.2. The first-order chi connectivity index (χ1) is 9.51. The van der Waals surface area contributed by atoms with E-state index in [9.17, 15) is 10.1 Å². The predicted molar refractivity (Wildman–Crippen MR) is 76.4 cm³/mol. The van der Waals surface area contributed by atoms with Crippen LogP contribution in [0.3, 0.4) is 0 Å². The van der Waals surface area contributed by atoms with Crippen LogP contribution < -0.4 is 10.1 Å². The maximum absolute atomic E-state index is 11.0. The van der Waals surface area contributed by atoms with E-state index in [-0.39, 0.29) is 11.6 Å². The molecule has 0 unspecified atom stereocenters. The van der Waals surface area contributed by atoms with Gasteiger partial charge in [0.05, 0.1) is 4.92 Å². The van der Waals surface area contributed by atoms with E-state index in [0.29, 0.717) is 11.6 Å². The Bertz CT molecular complexity index is 656. The second-order valence-electron chi connectivity index (χ2n) is 4.40. The van der Waals surface area contributed by atoms with Crippen molar-refractivity contribution in [2.45, 2.75) is 13.8 Å². The number of anilines is 1. The average molecular weight is 273 g/mol. The van der Waals surface area contributed by atoms with Crippen molar-refractivity contribution in [2.75, 3.05) is 12.4 Å². The van der Waals surface area contributed by atoms with Gasteiger partial charge in [-0.3, -0.25) is 10.1 Å². The molecule has 0 radical (unpaired) electrons. The van der Waals surface area contributed by atoms with Crippen molar-refractivity contribution in [3.8, 4) is 11.6 Å². The van der Waals surface area contributed by atoms with Crippen LogP contribution in [0.1, 0.15) is 11.1 Å². The van der Waals surface area contributed by atoms with Gasteiger partial charge in [0.1, 0.15) is 11.6 Å². The number of rotatable bonds is 4. The summed E-state index contributed by atoms with van der Waals surface area (Å²) in [6.45, 7) is 3.81. The van der Waals surface area contributed by atoms with E-state index in [1.165, 1.54) is 12.1 Å². The van der Waals surface area contributed by atoms with E-state index < -0.39 is 4.92 Å². The molecule has 0 atom stereocenters. The smallest absolute Gasteiger partial charge is 0.331 e. The molecule has 1 aromatic carbocycles. The zero-order chi connectivity index (χ0) is 14.7. The fraction of sp³-hybridized carbons (Fsp3) is 0.214. The lowest BCUT2D eigenvalue weighted by Gasteiger charge is -2.10. The highest BCUT2D eigenvalue weighted by atomic mass is 16.6. The van der Waals surface area contributed by atoms with E-state index in [2.05, 4.69) is 10.3 Å². The van der Waals surface area contributed by atoms with Gasteiger partial charge in [0.2, 0.25) is 0 Å². The van der Waals surface area contributed by atoms with E-state index in [1.54, 1.807) is 7.05 Å². The summed E-state index contributed by atoms with van der Waals surface area (Å²) in [7, 11) is 1.69. The lowest BCUT2D eigenvalue weighted by atomic mass is 10.1. The molecule has 0 fully saturated rings. The van der Waals surface area contributed by atoms with Crippen molar-refractivity contribution in [3.63, 3.8) is 0 Å². The summed E-state index contributed by atoms with van der Waals surface area (Å²) in [6.07, 6.45) is 0. The van der Waals surface area contributed by atoms with Crippen molar-refractivity contribution in [3.05, 3.63) is 51.6 Å². The van der Waals surface area contributed by atoms with Gasteiger partial charge in [-0.15, -0.1) is 0 Å². The second kappa shape index (κ2) is 5.56. The van der Waals surface area contributed by atoms with Crippen LogP contribution in [0, 0.1) is 24.0 Å². The number of ether oxygens (including phenoxy) is 1. The first-order valence-corrected chi connectivity index (χ1v) is 6.09. The molecule has 1 heterocycles. The minimum atomic E-state index is -0.507. The minimum Gasteiger partial charge on any atom is -0.433 e. The highest BCUT2D eigenvalue weighted by molar-refractivity contribution is 5.51. The number of aromatic nitrogens is 1. The Morgan fingerprint density at radius 1 is 1.25 bits per heavy atom. The van der Waals surface area contributed by atoms with Gasteiger partial charge in [0.25, 0.3) is 0 Å². The number of nitrogens with one attached hydrogen (secondary N) is 1. The fourth-order valence-electron chi connectivity index (χ4n) is 1.71. The van der Waals surface area contributed by atoms with E-state index >= 15 is 0 Å². The summed E-state index contributed by atoms with van der Waals surface area (Å²) < 4.78 is 5.63. The molecule has 2 rings (SSSR count). The summed E-state index contributed by atoms with van der Waals surface area (Å²) in [4.78, 5) is 14.6. The van der Waals surface area contributed by atoms with Gasteiger partial charge in [-0.1, -0.05) is 12.1 Å². The standard InChI is InChI=1S/C14H15N3O3/c1-9-4-5-10(2)12(8-9)20-14-11(17(18)19)6-7-13(15-3)16-14/h4-8H,1-3H3,(H,15,16). The zero-order valence-electron chi connectivity index (χ0n) is 11.5. The minimum absolute atomic E-state index is 0.0180. The molecule has 0 aliphatic heterocycles. The number of benzene rings is 1. The maximum atomic E-state index is 11.0. The van der Waals surface area contributed by atoms with Crippen LogP contribution in [0.25, 0.3) is 0 Å².